The SMILES string of the molecule is CCNC(=NCC1(S(C)(=O)=O)CCOCC1)NCCCn1cccn1. The molecule has 142 valence electrons. The van der Waals surface area contributed by atoms with Crippen LogP contribution in [0.1, 0.15) is 26.2 Å². The van der Waals surface area contributed by atoms with Crippen molar-refractivity contribution in [1.29, 1.82) is 0 Å². The number of hydrogen-bond acceptors (Lipinski definition) is 5. The topological polar surface area (TPSA) is 97.6 Å². The Balaban J connectivity index is 1.92. The molecule has 1 aromatic heterocycles. The molecule has 0 atom stereocenters. The van der Waals surface area contributed by atoms with E-state index in [2.05, 4.69) is 20.7 Å². The van der Waals surface area contributed by atoms with Crippen LogP contribution in [-0.2, 0) is 21.1 Å². The monoisotopic (exact) mass is 371 g/mol. The number of hydrogen-bond donors (Lipinski definition) is 2. The number of rotatable bonds is 8. The molecule has 0 saturated carbocycles. The van der Waals surface area contributed by atoms with Crippen molar-refractivity contribution in [3.8, 4) is 0 Å². The maximum atomic E-state index is 12.3. The Kier molecular flexibility index (Phi) is 7.24. The lowest BCUT2D eigenvalue weighted by molar-refractivity contribution is 0.0768. The molecule has 0 unspecified atom stereocenters. The second-order valence-electron chi connectivity index (χ2n) is 6.31. The van der Waals surface area contributed by atoms with E-state index in [9.17, 15) is 8.42 Å². The lowest BCUT2D eigenvalue weighted by atomic mass is 9.99. The Morgan fingerprint density at radius 1 is 1.36 bits per heavy atom. The van der Waals surface area contributed by atoms with Crippen LogP contribution >= 0.6 is 0 Å². The Morgan fingerprint density at radius 2 is 2.12 bits per heavy atom. The van der Waals surface area contributed by atoms with E-state index in [1.807, 2.05) is 23.9 Å². The van der Waals surface area contributed by atoms with Gasteiger partial charge in [0.15, 0.2) is 15.8 Å². The lowest BCUT2D eigenvalue weighted by Crippen LogP contribution is -2.47. The zero-order valence-corrected chi connectivity index (χ0v) is 15.9. The van der Waals surface area contributed by atoms with Gasteiger partial charge in [0.05, 0.1) is 11.3 Å². The van der Waals surface area contributed by atoms with Crippen molar-refractivity contribution in [2.45, 2.75) is 37.5 Å². The molecule has 9 heteroatoms. The van der Waals surface area contributed by atoms with E-state index >= 15 is 0 Å². The van der Waals surface area contributed by atoms with Gasteiger partial charge in [-0.2, -0.15) is 5.10 Å². The zero-order chi connectivity index (χ0) is 18.2. The summed E-state index contributed by atoms with van der Waals surface area (Å²) in [6.07, 6.45) is 6.88. The van der Waals surface area contributed by atoms with Crippen molar-refractivity contribution in [3.05, 3.63) is 18.5 Å². The van der Waals surface area contributed by atoms with Crippen LogP contribution in [-0.4, -0.2) is 68.0 Å². The highest BCUT2D eigenvalue weighted by Gasteiger charge is 2.42. The minimum absolute atomic E-state index is 0.254. The average Bonchev–Trinajstić information content (AvgIpc) is 3.09. The van der Waals surface area contributed by atoms with Crippen molar-refractivity contribution in [2.75, 3.05) is 39.1 Å². The summed E-state index contributed by atoms with van der Waals surface area (Å²) in [7, 11) is -3.21. The van der Waals surface area contributed by atoms with Gasteiger partial charge in [-0.25, -0.2) is 8.42 Å². The molecule has 0 amide bonds. The molecule has 25 heavy (non-hydrogen) atoms. The number of nitrogens with one attached hydrogen (secondary N) is 2. The normalized spacial score (nSPS) is 18.1. The van der Waals surface area contributed by atoms with Crippen molar-refractivity contribution in [1.82, 2.24) is 20.4 Å². The number of sulfone groups is 1. The minimum Gasteiger partial charge on any atom is -0.381 e. The first-order valence-corrected chi connectivity index (χ1v) is 10.6. The van der Waals surface area contributed by atoms with Crippen LogP contribution in [0.3, 0.4) is 0 Å². The van der Waals surface area contributed by atoms with Crippen LogP contribution in [0.15, 0.2) is 23.5 Å². The largest absolute Gasteiger partial charge is 0.381 e. The van der Waals surface area contributed by atoms with E-state index in [1.165, 1.54) is 6.26 Å². The summed E-state index contributed by atoms with van der Waals surface area (Å²) in [5.74, 6) is 0.650. The molecule has 1 aliphatic heterocycles. The smallest absolute Gasteiger partial charge is 0.191 e. The minimum atomic E-state index is -3.21. The fourth-order valence-corrected chi connectivity index (χ4v) is 4.04. The summed E-state index contributed by atoms with van der Waals surface area (Å²) in [4.78, 5) is 4.55. The average molecular weight is 372 g/mol. The Labute approximate surface area is 150 Å². The van der Waals surface area contributed by atoms with Gasteiger partial charge in [0.1, 0.15) is 0 Å². The van der Waals surface area contributed by atoms with E-state index in [0.29, 0.717) is 32.0 Å². The van der Waals surface area contributed by atoms with Gasteiger partial charge < -0.3 is 15.4 Å². The quantitative estimate of drug-likeness (QED) is 0.391. The standard InChI is InChI=1S/C16H29N5O3S/c1-3-17-15(18-8-4-10-21-11-5-9-20-21)19-14-16(25(2,22)23)6-12-24-13-7-16/h5,9,11H,3-4,6-8,10,12-14H2,1-2H3,(H2,17,18,19). The highest BCUT2D eigenvalue weighted by atomic mass is 32.2. The maximum absolute atomic E-state index is 12.3. The molecule has 1 aromatic rings. The molecule has 8 nitrogen and oxygen atoms in total. The number of aryl methyl sites for hydroxylation is 1. The van der Waals surface area contributed by atoms with Crippen molar-refractivity contribution in [2.24, 2.45) is 4.99 Å². The summed E-state index contributed by atoms with van der Waals surface area (Å²) in [5.41, 5.74) is 0. The molecule has 0 aliphatic carbocycles. The van der Waals surface area contributed by atoms with Gasteiger partial charge in [0.2, 0.25) is 0 Å². The third kappa shape index (κ3) is 5.71. The molecule has 1 fully saturated rings. The van der Waals surface area contributed by atoms with Gasteiger partial charge in [-0.05, 0) is 32.3 Å². The van der Waals surface area contributed by atoms with Crippen LogP contribution in [0, 0.1) is 0 Å². The molecular weight excluding hydrogens is 342 g/mol. The predicted octanol–water partition coefficient (Wildman–Crippen LogP) is 0.422. The molecule has 2 heterocycles. The molecule has 0 bridgehead atoms. The third-order valence-corrected chi connectivity index (χ3v) is 6.59. The van der Waals surface area contributed by atoms with E-state index in [4.69, 9.17) is 4.74 Å². The second-order valence-corrected chi connectivity index (χ2v) is 8.72. The van der Waals surface area contributed by atoms with E-state index < -0.39 is 14.6 Å². The summed E-state index contributed by atoms with van der Waals surface area (Å²) < 4.78 is 31.0. The highest BCUT2D eigenvalue weighted by molar-refractivity contribution is 7.92. The van der Waals surface area contributed by atoms with Crippen molar-refractivity contribution < 1.29 is 13.2 Å². The van der Waals surface area contributed by atoms with Gasteiger partial charge in [-0.15, -0.1) is 0 Å². The number of aliphatic imine (C=N–C) groups is 1. The first-order chi connectivity index (χ1) is 12.0. The first kappa shape index (κ1) is 19.7. The molecule has 2 N–H and O–H groups in total. The molecular formula is C16H29N5O3S. The maximum Gasteiger partial charge on any atom is 0.191 e. The molecule has 0 aromatic carbocycles. The van der Waals surface area contributed by atoms with E-state index in [1.54, 1.807) is 6.20 Å². The summed E-state index contributed by atoms with van der Waals surface area (Å²) in [6, 6.07) is 1.90. The number of guanidine groups is 1. The molecule has 1 saturated heterocycles. The second kappa shape index (κ2) is 9.19. The van der Waals surface area contributed by atoms with Crippen LogP contribution in [0.2, 0.25) is 0 Å². The van der Waals surface area contributed by atoms with Gasteiger partial charge in [-0.1, -0.05) is 0 Å². The Hall–Kier alpha value is -1.61. The fraction of sp³-hybridized carbons (Fsp3) is 0.750. The Bertz CT molecular complexity index is 637. The number of ether oxygens (including phenoxy) is 1. The van der Waals surface area contributed by atoms with E-state index in [0.717, 1.165) is 26.1 Å². The number of nitrogens with zero attached hydrogens (tertiary/aromatic N) is 3. The summed E-state index contributed by atoms with van der Waals surface area (Å²) >= 11 is 0. The first-order valence-electron chi connectivity index (χ1n) is 8.74. The van der Waals surface area contributed by atoms with Gasteiger partial charge in [0.25, 0.3) is 0 Å². The molecule has 0 spiro atoms. The molecule has 0 radical (unpaired) electrons. The van der Waals surface area contributed by atoms with Crippen LogP contribution in [0.25, 0.3) is 0 Å². The molecule has 1 aliphatic rings. The summed E-state index contributed by atoms with van der Waals surface area (Å²) in [5, 5.41) is 10.6. The molecule has 2 rings (SSSR count). The van der Waals surface area contributed by atoms with Crippen LogP contribution < -0.4 is 10.6 Å². The van der Waals surface area contributed by atoms with E-state index in [-0.39, 0.29) is 6.54 Å². The van der Waals surface area contributed by atoms with Crippen molar-refractivity contribution >= 4 is 15.8 Å². The zero-order valence-electron chi connectivity index (χ0n) is 15.1. The lowest BCUT2D eigenvalue weighted by Gasteiger charge is -2.34. The van der Waals surface area contributed by atoms with Gasteiger partial charge in [-0.3, -0.25) is 9.67 Å². The third-order valence-electron chi connectivity index (χ3n) is 4.48. The van der Waals surface area contributed by atoms with Gasteiger partial charge >= 0.3 is 0 Å². The van der Waals surface area contributed by atoms with Crippen molar-refractivity contribution in [3.63, 3.8) is 0 Å². The highest BCUT2D eigenvalue weighted by Crippen LogP contribution is 2.29. The predicted molar refractivity (Wildman–Crippen MR) is 98.5 cm³/mol. The van der Waals surface area contributed by atoms with Gasteiger partial charge in [0, 0.05) is 51.5 Å². The van der Waals surface area contributed by atoms with Crippen LogP contribution in [0.4, 0.5) is 0 Å². The van der Waals surface area contributed by atoms with Crippen LogP contribution in [0.5, 0.6) is 0 Å². The summed E-state index contributed by atoms with van der Waals surface area (Å²) in [6.45, 7) is 5.46. The number of aromatic nitrogens is 2. The Morgan fingerprint density at radius 3 is 2.72 bits per heavy atom. The fourth-order valence-electron chi connectivity index (χ4n) is 2.84.